The quantitative estimate of drug-likeness (QED) is 0.240. The average molecular weight is 699 g/mol. The lowest BCUT2D eigenvalue weighted by molar-refractivity contribution is -0.165. The molecule has 0 unspecified atom stereocenters. The number of carbonyl (C=O) groups excluding carboxylic acids is 3. The molecule has 3 aliphatic carbocycles. The van der Waals surface area contributed by atoms with Crippen LogP contribution in [0.1, 0.15) is 63.2 Å². The number of rotatable bonds is 10. The zero-order valence-corrected chi connectivity index (χ0v) is 27.7. The van der Waals surface area contributed by atoms with Crippen LogP contribution in [0.3, 0.4) is 0 Å². The molecule has 15 heteroatoms. The molecule has 3 saturated carbocycles. The van der Waals surface area contributed by atoms with Gasteiger partial charge >= 0.3 is 11.5 Å². The summed E-state index contributed by atoms with van der Waals surface area (Å²) < 4.78 is 94.4. The maximum Gasteiger partial charge on any atom is 0.501 e. The molecule has 0 spiro atoms. The van der Waals surface area contributed by atoms with Gasteiger partial charge in [-0.25, -0.2) is 12.8 Å². The van der Waals surface area contributed by atoms with Crippen LogP contribution >= 0.6 is 0 Å². The second-order valence-corrected chi connectivity index (χ2v) is 15.6. The zero-order chi connectivity index (χ0) is 35.2. The smallest absolute Gasteiger partial charge is 0.496 e. The van der Waals surface area contributed by atoms with E-state index in [1.807, 2.05) is 0 Å². The number of nitrogens with one attached hydrogen (secondary N) is 2. The summed E-state index contributed by atoms with van der Waals surface area (Å²) in [6.45, 7) is 5.48. The van der Waals surface area contributed by atoms with E-state index in [9.17, 15) is 40.4 Å². The van der Waals surface area contributed by atoms with Gasteiger partial charge in [0.05, 0.1) is 36.0 Å². The summed E-state index contributed by atoms with van der Waals surface area (Å²) >= 11 is 0. The number of anilines is 1. The van der Waals surface area contributed by atoms with E-state index < -0.39 is 55.4 Å². The van der Waals surface area contributed by atoms with Crippen molar-refractivity contribution in [3.63, 3.8) is 0 Å². The first kappa shape index (κ1) is 35.4. The molecule has 0 heterocycles. The molecular weight excluding hydrogens is 660 g/mol. The third-order valence-corrected chi connectivity index (χ3v) is 10.7. The molecule has 4 atom stereocenters. The van der Waals surface area contributed by atoms with Crippen LogP contribution in [0.25, 0.3) is 0 Å². The van der Waals surface area contributed by atoms with Gasteiger partial charge in [0.1, 0.15) is 11.4 Å². The Morgan fingerprint density at radius 1 is 0.958 bits per heavy atom. The minimum absolute atomic E-state index is 0.0103. The Kier molecular flexibility index (Phi) is 9.74. The molecular formula is C33H38F4N2O8S. The second kappa shape index (κ2) is 13.2. The maximum absolute atomic E-state index is 14.9. The number of ether oxygens (including phenoxy) is 3. The molecule has 48 heavy (non-hydrogen) atoms. The van der Waals surface area contributed by atoms with Crippen molar-refractivity contribution in [2.75, 3.05) is 19.0 Å². The van der Waals surface area contributed by atoms with Gasteiger partial charge in [-0.15, -0.1) is 0 Å². The summed E-state index contributed by atoms with van der Waals surface area (Å²) in [5.74, 6) is -3.71. The minimum Gasteiger partial charge on any atom is -0.496 e. The Balaban J connectivity index is 1.26. The summed E-state index contributed by atoms with van der Waals surface area (Å²) in [5.41, 5.74) is -6.27. The molecule has 2 aromatic rings. The SMILES string of the molecule is COc1cc(F)c(OCC2CC(C(=O)OC(C)(C)C)C2)cc1C(=O)N[C@@H]1[C@@H]2CC[C@@H](C2)[C@@H]1C(=O)Nc1cccc(S(=O)(=O)C(F)(F)F)c1. The zero-order valence-electron chi connectivity index (χ0n) is 26.9. The number of methoxy groups -OCH3 is 1. The van der Waals surface area contributed by atoms with Gasteiger partial charge < -0.3 is 24.8 Å². The third-order valence-electron chi connectivity index (χ3n) is 9.18. The van der Waals surface area contributed by atoms with Crippen molar-refractivity contribution >= 4 is 33.3 Å². The number of amides is 2. The highest BCUT2D eigenvalue weighted by molar-refractivity contribution is 7.92. The van der Waals surface area contributed by atoms with Crippen LogP contribution in [0.15, 0.2) is 41.3 Å². The molecule has 0 aromatic heterocycles. The van der Waals surface area contributed by atoms with Gasteiger partial charge in [0.15, 0.2) is 11.6 Å². The van der Waals surface area contributed by atoms with Crippen LogP contribution in [-0.2, 0) is 24.2 Å². The van der Waals surface area contributed by atoms with Crippen molar-refractivity contribution in [3.05, 3.63) is 47.8 Å². The summed E-state index contributed by atoms with van der Waals surface area (Å²) in [6.07, 6.45) is 3.11. The molecule has 2 amide bonds. The number of alkyl halides is 3. The van der Waals surface area contributed by atoms with Crippen molar-refractivity contribution in [1.82, 2.24) is 5.32 Å². The molecule has 3 aliphatic rings. The van der Waals surface area contributed by atoms with Crippen LogP contribution < -0.4 is 20.1 Å². The number of fused-ring (bicyclic) bond motifs is 2. The maximum atomic E-state index is 14.9. The van der Waals surface area contributed by atoms with Crippen molar-refractivity contribution in [2.24, 2.45) is 29.6 Å². The molecule has 5 rings (SSSR count). The topological polar surface area (TPSA) is 137 Å². The van der Waals surface area contributed by atoms with Gasteiger partial charge in [0, 0.05) is 17.8 Å². The van der Waals surface area contributed by atoms with Crippen LogP contribution in [0.5, 0.6) is 11.5 Å². The number of halogens is 4. The van der Waals surface area contributed by atoms with Crippen LogP contribution in [0.4, 0.5) is 23.2 Å². The van der Waals surface area contributed by atoms with Crippen LogP contribution in [0.2, 0.25) is 0 Å². The number of carbonyl (C=O) groups is 3. The highest BCUT2D eigenvalue weighted by Gasteiger charge is 2.52. The summed E-state index contributed by atoms with van der Waals surface area (Å²) in [7, 11) is -4.35. The number of benzene rings is 2. The Hall–Kier alpha value is -3.88. The molecule has 0 radical (unpaired) electrons. The number of esters is 1. The second-order valence-electron chi connectivity index (χ2n) is 13.7. The third kappa shape index (κ3) is 7.40. The fraction of sp³-hybridized carbons (Fsp3) is 0.545. The van der Waals surface area contributed by atoms with Gasteiger partial charge in [-0.3, -0.25) is 14.4 Å². The van der Waals surface area contributed by atoms with Crippen LogP contribution in [0, 0.1) is 35.4 Å². The normalized spacial score (nSPS) is 25.2. The van der Waals surface area contributed by atoms with E-state index in [0.717, 1.165) is 30.7 Å². The monoisotopic (exact) mass is 698 g/mol. The molecule has 10 nitrogen and oxygen atoms in total. The average Bonchev–Trinajstić information content (AvgIpc) is 3.57. The highest BCUT2D eigenvalue weighted by atomic mass is 32.2. The Morgan fingerprint density at radius 3 is 2.29 bits per heavy atom. The van der Waals surface area contributed by atoms with Gasteiger partial charge in [0.25, 0.3) is 15.7 Å². The first-order valence-electron chi connectivity index (χ1n) is 15.6. The largest absolute Gasteiger partial charge is 0.501 e. The first-order valence-corrected chi connectivity index (χ1v) is 17.1. The van der Waals surface area contributed by atoms with Crippen molar-refractivity contribution in [3.8, 4) is 11.5 Å². The predicted octanol–water partition coefficient (Wildman–Crippen LogP) is 5.66. The lowest BCUT2D eigenvalue weighted by atomic mass is 9.75. The summed E-state index contributed by atoms with van der Waals surface area (Å²) in [6, 6.07) is 5.51. The number of hydrogen-bond donors (Lipinski definition) is 2. The summed E-state index contributed by atoms with van der Waals surface area (Å²) in [4.78, 5) is 38.3. The van der Waals surface area contributed by atoms with E-state index in [1.54, 1.807) is 20.8 Å². The molecule has 2 N–H and O–H groups in total. The van der Waals surface area contributed by atoms with Crippen molar-refractivity contribution in [1.29, 1.82) is 0 Å². The van der Waals surface area contributed by atoms with E-state index in [-0.39, 0.29) is 59.0 Å². The lowest BCUT2D eigenvalue weighted by Gasteiger charge is -2.35. The van der Waals surface area contributed by atoms with E-state index in [2.05, 4.69) is 10.6 Å². The van der Waals surface area contributed by atoms with Gasteiger partial charge in [-0.05, 0) is 94.9 Å². The molecule has 2 aromatic carbocycles. The van der Waals surface area contributed by atoms with Gasteiger partial charge in [-0.2, -0.15) is 13.2 Å². The molecule has 2 bridgehead atoms. The Morgan fingerprint density at radius 2 is 1.65 bits per heavy atom. The van der Waals surface area contributed by atoms with E-state index in [4.69, 9.17) is 14.2 Å². The van der Waals surface area contributed by atoms with Gasteiger partial charge in [-0.1, -0.05) is 6.07 Å². The fourth-order valence-electron chi connectivity index (χ4n) is 6.85. The first-order chi connectivity index (χ1) is 22.4. The molecule has 3 fully saturated rings. The summed E-state index contributed by atoms with van der Waals surface area (Å²) in [5, 5.41) is 5.42. The van der Waals surface area contributed by atoms with Gasteiger partial charge in [0.2, 0.25) is 5.91 Å². The molecule has 0 saturated heterocycles. The number of hydrogen-bond acceptors (Lipinski definition) is 8. The number of sulfone groups is 1. The van der Waals surface area contributed by atoms with Crippen molar-refractivity contribution < 1.29 is 54.6 Å². The molecule has 0 aliphatic heterocycles. The lowest BCUT2D eigenvalue weighted by Crippen LogP contribution is -2.48. The standard InChI is InChI=1S/C33H38F4N2O8S/c1-32(2,3)47-31(42)20-10-17(11-20)16-46-26-14-23(25(45-4)15-24(26)34)29(40)39-28-19-9-8-18(12-19)27(28)30(41)38-21-6-5-7-22(13-21)48(43,44)33(35,36)37/h5-7,13-15,17-20,27-28H,8-12,16H2,1-4H3,(H,38,41)(H,39,40)/t17?,18-,19+,20?,27-,28+/m0/s1. The van der Waals surface area contributed by atoms with Crippen molar-refractivity contribution in [2.45, 2.75) is 74.9 Å². The molecule has 262 valence electrons. The fourth-order valence-corrected chi connectivity index (χ4v) is 7.66. The Bertz CT molecular complexity index is 1690. The van der Waals surface area contributed by atoms with E-state index in [0.29, 0.717) is 25.7 Å². The van der Waals surface area contributed by atoms with E-state index >= 15 is 0 Å². The Labute approximate surface area is 275 Å². The van der Waals surface area contributed by atoms with E-state index in [1.165, 1.54) is 19.2 Å². The minimum atomic E-state index is -5.63. The highest BCUT2D eigenvalue weighted by Crippen LogP contribution is 2.49. The predicted molar refractivity (Wildman–Crippen MR) is 164 cm³/mol. The van der Waals surface area contributed by atoms with Crippen LogP contribution in [-0.4, -0.2) is 57.1 Å².